The molecule has 0 radical (unpaired) electrons. The number of pyridine rings is 2. The van der Waals surface area contributed by atoms with Gasteiger partial charge in [-0.2, -0.15) is 0 Å². The second kappa shape index (κ2) is 7.00. The fourth-order valence-electron chi connectivity index (χ4n) is 2.48. The standard InChI is InChI=1S/C16H19N5O/c22-16(14-4-1-2-8-18-14)21-15-13(5-3-9-19-15)20-12-6-10-17-11-7-12/h1-5,8-9,12,17,20H,6-7,10-11H2,(H,19,21,22). The highest BCUT2D eigenvalue weighted by Gasteiger charge is 2.16. The number of piperidine rings is 1. The summed E-state index contributed by atoms with van der Waals surface area (Å²) in [6, 6.07) is 9.44. The first-order valence-corrected chi connectivity index (χ1v) is 7.47. The number of carbonyl (C=O) groups is 1. The van der Waals surface area contributed by atoms with Crippen LogP contribution in [-0.4, -0.2) is 35.0 Å². The molecule has 114 valence electrons. The van der Waals surface area contributed by atoms with Crippen LogP contribution in [0.25, 0.3) is 0 Å². The van der Waals surface area contributed by atoms with Gasteiger partial charge in [0, 0.05) is 18.4 Å². The van der Waals surface area contributed by atoms with Gasteiger partial charge in [-0.05, 0) is 50.2 Å². The van der Waals surface area contributed by atoms with Crippen molar-refractivity contribution < 1.29 is 4.79 Å². The lowest BCUT2D eigenvalue weighted by molar-refractivity contribution is 0.102. The van der Waals surface area contributed by atoms with Gasteiger partial charge in [0.15, 0.2) is 5.82 Å². The molecule has 2 aromatic heterocycles. The second-order valence-electron chi connectivity index (χ2n) is 5.24. The van der Waals surface area contributed by atoms with E-state index in [0.29, 0.717) is 17.6 Å². The number of anilines is 2. The number of aromatic nitrogens is 2. The van der Waals surface area contributed by atoms with E-state index in [1.54, 1.807) is 30.6 Å². The van der Waals surface area contributed by atoms with Crippen molar-refractivity contribution in [3.63, 3.8) is 0 Å². The van der Waals surface area contributed by atoms with Crippen LogP contribution in [0, 0.1) is 0 Å². The quantitative estimate of drug-likeness (QED) is 0.803. The number of hydrogen-bond donors (Lipinski definition) is 3. The molecule has 1 fully saturated rings. The van der Waals surface area contributed by atoms with Crippen molar-refractivity contribution in [1.82, 2.24) is 15.3 Å². The third kappa shape index (κ3) is 3.59. The van der Waals surface area contributed by atoms with E-state index in [4.69, 9.17) is 0 Å². The van der Waals surface area contributed by atoms with E-state index in [0.717, 1.165) is 31.6 Å². The molecule has 0 aliphatic carbocycles. The fourth-order valence-corrected chi connectivity index (χ4v) is 2.48. The lowest BCUT2D eigenvalue weighted by atomic mass is 10.1. The van der Waals surface area contributed by atoms with Gasteiger partial charge < -0.3 is 16.0 Å². The molecule has 0 bridgehead atoms. The molecule has 3 heterocycles. The minimum Gasteiger partial charge on any atom is -0.379 e. The summed E-state index contributed by atoms with van der Waals surface area (Å²) in [4.78, 5) is 20.5. The molecule has 2 aromatic rings. The Morgan fingerprint density at radius 2 is 1.91 bits per heavy atom. The monoisotopic (exact) mass is 297 g/mol. The SMILES string of the molecule is O=C(Nc1ncccc1NC1CCNCC1)c1ccccn1. The van der Waals surface area contributed by atoms with Crippen molar-refractivity contribution in [2.24, 2.45) is 0 Å². The van der Waals surface area contributed by atoms with E-state index in [-0.39, 0.29) is 5.91 Å². The molecule has 0 unspecified atom stereocenters. The van der Waals surface area contributed by atoms with Crippen molar-refractivity contribution in [2.45, 2.75) is 18.9 Å². The molecule has 1 amide bonds. The Hall–Kier alpha value is -2.47. The first kappa shape index (κ1) is 14.5. The predicted octanol–water partition coefficient (Wildman–Crippen LogP) is 1.89. The van der Waals surface area contributed by atoms with Crippen LogP contribution in [0.2, 0.25) is 0 Å². The van der Waals surface area contributed by atoms with Crippen LogP contribution < -0.4 is 16.0 Å². The molecular weight excluding hydrogens is 278 g/mol. The molecular formula is C16H19N5O. The third-order valence-corrected chi connectivity index (χ3v) is 3.64. The van der Waals surface area contributed by atoms with Crippen LogP contribution in [0.3, 0.4) is 0 Å². The summed E-state index contributed by atoms with van der Waals surface area (Å²) in [6.45, 7) is 2.01. The van der Waals surface area contributed by atoms with E-state index in [1.807, 2.05) is 12.1 Å². The van der Waals surface area contributed by atoms with Gasteiger partial charge in [-0.1, -0.05) is 6.07 Å². The van der Waals surface area contributed by atoms with Crippen LogP contribution in [-0.2, 0) is 0 Å². The van der Waals surface area contributed by atoms with Gasteiger partial charge >= 0.3 is 0 Å². The minimum atomic E-state index is -0.257. The summed E-state index contributed by atoms with van der Waals surface area (Å²) < 4.78 is 0. The highest BCUT2D eigenvalue weighted by molar-refractivity contribution is 6.03. The normalized spacial score (nSPS) is 15.3. The van der Waals surface area contributed by atoms with Crippen molar-refractivity contribution >= 4 is 17.4 Å². The third-order valence-electron chi connectivity index (χ3n) is 3.64. The Morgan fingerprint density at radius 3 is 2.68 bits per heavy atom. The largest absolute Gasteiger partial charge is 0.379 e. The van der Waals surface area contributed by atoms with E-state index < -0.39 is 0 Å². The lowest BCUT2D eigenvalue weighted by Gasteiger charge is -2.25. The average Bonchev–Trinajstić information content (AvgIpc) is 2.58. The average molecular weight is 297 g/mol. The molecule has 6 nitrogen and oxygen atoms in total. The van der Waals surface area contributed by atoms with E-state index in [2.05, 4.69) is 25.9 Å². The van der Waals surface area contributed by atoms with Crippen LogP contribution in [0.1, 0.15) is 23.3 Å². The maximum Gasteiger partial charge on any atom is 0.275 e. The Morgan fingerprint density at radius 1 is 1.09 bits per heavy atom. The van der Waals surface area contributed by atoms with E-state index >= 15 is 0 Å². The van der Waals surface area contributed by atoms with Gasteiger partial charge in [-0.25, -0.2) is 4.98 Å². The van der Waals surface area contributed by atoms with Crippen molar-refractivity contribution in [3.05, 3.63) is 48.4 Å². The zero-order chi connectivity index (χ0) is 15.2. The zero-order valence-corrected chi connectivity index (χ0v) is 12.2. The highest BCUT2D eigenvalue weighted by Crippen LogP contribution is 2.21. The Bertz CT molecular complexity index is 625. The number of amides is 1. The maximum atomic E-state index is 12.2. The first-order chi connectivity index (χ1) is 10.8. The summed E-state index contributed by atoms with van der Waals surface area (Å²) >= 11 is 0. The van der Waals surface area contributed by atoms with E-state index in [1.165, 1.54) is 0 Å². The Kier molecular flexibility index (Phi) is 4.60. The molecule has 0 saturated carbocycles. The topological polar surface area (TPSA) is 78.9 Å². The smallest absolute Gasteiger partial charge is 0.275 e. The highest BCUT2D eigenvalue weighted by atomic mass is 16.1. The summed E-state index contributed by atoms with van der Waals surface area (Å²) in [6.07, 6.45) is 5.38. The molecule has 0 atom stereocenters. The van der Waals surface area contributed by atoms with Gasteiger partial charge in [0.05, 0.1) is 5.69 Å². The van der Waals surface area contributed by atoms with Crippen molar-refractivity contribution in [1.29, 1.82) is 0 Å². The number of rotatable bonds is 4. The Labute approximate surface area is 129 Å². The van der Waals surface area contributed by atoms with Gasteiger partial charge in [-0.15, -0.1) is 0 Å². The van der Waals surface area contributed by atoms with Crippen LogP contribution in [0.15, 0.2) is 42.7 Å². The van der Waals surface area contributed by atoms with Crippen molar-refractivity contribution in [2.75, 3.05) is 23.7 Å². The minimum absolute atomic E-state index is 0.257. The molecule has 3 N–H and O–H groups in total. The molecule has 1 aliphatic rings. The van der Waals surface area contributed by atoms with Crippen LogP contribution >= 0.6 is 0 Å². The number of nitrogens with zero attached hydrogens (tertiary/aromatic N) is 2. The molecule has 0 spiro atoms. The summed E-state index contributed by atoms with van der Waals surface area (Å²) in [7, 11) is 0. The summed E-state index contributed by atoms with van der Waals surface area (Å²) in [5.41, 5.74) is 1.22. The molecule has 1 saturated heterocycles. The predicted molar refractivity (Wildman–Crippen MR) is 85.9 cm³/mol. The van der Waals surface area contributed by atoms with Crippen LogP contribution in [0.5, 0.6) is 0 Å². The molecule has 3 rings (SSSR count). The Balaban J connectivity index is 1.72. The van der Waals surface area contributed by atoms with Crippen LogP contribution in [0.4, 0.5) is 11.5 Å². The molecule has 22 heavy (non-hydrogen) atoms. The van der Waals surface area contributed by atoms with Gasteiger partial charge in [0.2, 0.25) is 0 Å². The molecule has 1 aliphatic heterocycles. The summed E-state index contributed by atoms with van der Waals surface area (Å²) in [5, 5.41) is 9.63. The van der Waals surface area contributed by atoms with Gasteiger partial charge in [-0.3, -0.25) is 9.78 Å². The van der Waals surface area contributed by atoms with E-state index in [9.17, 15) is 4.79 Å². The van der Waals surface area contributed by atoms with Gasteiger partial charge in [0.1, 0.15) is 5.69 Å². The number of carbonyl (C=O) groups excluding carboxylic acids is 1. The molecule has 6 heteroatoms. The zero-order valence-electron chi connectivity index (χ0n) is 12.2. The van der Waals surface area contributed by atoms with Crippen molar-refractivity contribution in [3.8, 4) is 0 Å². The molecule has 0 aromatic carbocycles. The number of nitrogens with one attached hydrogen (secondary N) is 3. The maximum absolute atomic E-state index is 12.2. The fraction of sp³-hybridized carbons (Fsp3) is 0.312. The second-order valence-corrected chi connectivity index (χ2v) is 5.24. The lowest BCUT2D eigenvalue weighted by Crippen LogP contribution is -2.35. The summed E-state index contributed by atoms with van der Waals surface area (Å²) in [5.74, 6) is 0.282. The van der Waals surface area contributed by atoms with Gasteiger partial charge in [0.25, 0.3) is 5.91 Å². The first-order valence-electron chi connectivity index (χ1n) is 7.47. The number of hydrogen-bond acceptors (Lipinski definition) is 5.